The summed E-state index contributed by atoms with van der Waals surface area (Å²) in [5.74, 6) is 0.654. The normalized spacial score (nSPS) is 21.6. The third-order valence-electron chi connectivity index (χ3n) is 6.24. The monoisotopic (exact) mass is 435 g/mol. The topological polar surface area (TPSA) is 62.7 Å². The highest BCUT2D eigenvalue weighted by molar-refractivity contribution is 7.18. The minimum atomic E-state index is -0.313. The molecule has 2 aromatic carbocycles. The van der Waals surface area contributed by atoms with E-state index >= 15 is 0 Å². The number of benzene rings is 2. The number of methoxy groups -OCH3 is 1. The van der Waals surface area contributed by atoms with Crippen LogP contribution >= 0.6 is 11.3 Å². The number of para-hydroxylation sites is 3. The Balaban J connectivity index is 1.30. The Morgan fingerprint density at radius 3 is 2.77 bits per heavy atom. The van der Waals surface area contributed by atoms with Crippen LogP contribution in [0, 0.1) is 5.92 Å². The van der Waals surface area contributed by atoms with Gasteiger partial charge in [0.1, 0.15) is 5.75 Å². The van der Waals surface area contributed by atoms with Crippen LogP contribution in [-0.4, -0.2) is 48.4 Å². The summed E-state index contributed by atoms with van der Waals surface area (Å²) >= 11 is 1.73. The quantitative estimate of drug-likeness (QED) is 0.620. The molecule has 0 N–H and O–H groups in total. The van der Waals surface area contributed by atoms with Gasteiger partial charge in [-0.05, 0) is 37.1 Å². The van der Waals surface area contributed by atoms with E-state index in [2.05, 4.69) is 6.07 Å². The van der Waals surface area contributed by atoms with Crippen LogP contribution in [0.25, 0.3) is 10.2 Å². The lowest BCUT2D eigenvalue weighted by Gasteiger charge is -2.33. The minimum Gasteiger partial charge on any atom is -0.495 e. The molecule has 3 aromatic rings. The Bertz CT molecular complexity index is 1090. The predicted octanol–water partition coefficient (Wildman–Crippen LogP) is 4.06. The molecule has 6 nitrogen and oxygen atoms in total. The highest BCUT2D eigenvalue weighted by Crippen LogP contribution is 2.36. The molecule has 7 heteroatoms. The summed E-state index contributed by atoms with van der Waals surface area (Å²) in [5.41, 5.74) is 1.76. The molecule has 0 saturated carbocycles. The Kier molecular flexibility index (Phi) is 5.36. The number of hydrogen-bond acceptors (Lipinski definition) is 5. The number of anilines is 1. The first-order valence-corrected chi connectivity index (χ1v) is 11.5. The SMILES string of the molecule is COc1ccccc1N1C[C@H](C(=O)N2CCC[C@H](c3nc4ccccc4s3)C2)CC1=O. The van der Waals surface area contributed by atoms with E-state index in [4.69, 9.17) is 9.72 Å². The number of likely N-dealkylation sites (tertiary alicyclic amines) is 1. The van der Waals surface area contributed by atoms with Gasteiger partial charge in [-0.15, -0.1) is 11.3 Å². The summed E-state index contributed by atoms with van der Waals surface area (Å²) in [6, 6.07) is 15.6. The van der Waals surface area contributed by atoms with Crippen molar-refractivity contribution in [3.05, 3.63) is 53.5 Å². The number of carbonyl (C=O) groups excluding carboxylic acids is 2. The van der Waals surface area contributed by atoms with Crippen molar-refractivity contribution < 1.29 is 14.3 Å². The fourth-order valence-corrected chi connectivity index (χ4v) is 5.75. The molecule has 5 rings (SSSR count). The van der Waals surface area contributed by atoms with E-state index in [0.29, 0.717) is 18.8 Å². The van der Waals surface area contributed by atoms with Gasteiger partial charge < -0.3 is 14.5 Å². The van der Waals surface area contributed by atoms with Crippen molar-refractivity contribution >= 4 is 39.1 Å². The summed E-state index contributed by atoms with van der Waals surface area (Å²) in [4.78, 5) is 34.5. The predicted molar refractivity (Wildman–Crippen MR) is 122 cm³/mol. The van der Waals surface area contributed by atoms with E-state index in [0.717, 1.165) is 35.6 Å². The number of amides is 2. The summed E-state index contributed by atoms with van der Waals surface area (Å²) in [6.45, 7) is 1.83. The molecular formula is C24H25N3O3S. The third-order valence-corrected chi connectivity index (χ3v) is 7.44. The summed E-state index contributed by atoms with van der Waals surface area (Å²) in [7, 11) is 1.60. The molecule has 1 aromatic heterocycles. The van der Waals surface area contributed by atoms with E-state index in [1.54, 1.807) is 23.3 Å². The summed E-state index contributed by atoms with van der Waals surface area (Å²) in [5, 5.41) is 1.11. The molecule has 0 radical (unpaired) electrons. The molecule has 2 amide bonds. The summed E-state index contributed by atoms with van der Waals surface area (Å²) < 4.78 is 6.60. The lowest BCUT2D eigenvalue weighted by Crippen LogP contribution is -2.43. The standard InChI is InChI=1S/C24H25N3O3S/c1-30-20-10-4-3-9-19(20)27-15-17(13-22(27)28)24(29)26-12-6-7-16(14-26)23-25-18-8-2-5-11-21(18)31-23/h2-5,8-11,16-17H,6-7,12-15H2,1H3/t16-,17+/m0/s1. The molecule has 0 bridgehead atoms. The van der Waals surface area contributed by atoms with Crippen LogP contribution in [0.1, 0.15) is 30.2 Å². The Morgan fingerprint density at radius 1 is 1.13 bits per heavy atom. The van der Waals surface area contributed by atoms with E-state index < -0.39 is 0 Å². The van der Waals surface area contributed by atoms with Gasteiger partial charge in [0, 0.05) is 32.0 Å². The Morgan fingerprint density at radius 2 is 1.94 bits per heavy atom. The van der Waals surface area contributed by atoms with Crippen molar-refractivity contribution in [1.29, 1.82) is 0 Å². The van der Waals surface area contributed by atoms with E-state index in [9.17, 15) is 9.59 Å². The van der Waals surface area contributed by atoms with Crippen molar-refractivity contribution in [2.24, 2.45) is 5.92 Å². The first-order chi connectivity index (χ1) is 15.1. The molecule has 0 aliphatic carbocycles. The lowest BCUT2D eigenvalue weighted by molar-refractivity contribution is -0.137. The van der Waals surface area contributed by atoms with Crippen LogP contribution in [0.2, 0.25) is 0 Å². The van der Waals surface area contributed by atoms with E-state index in [1.165, 1.54) is 4.70 Å². The molecule has 0 unspecified atom stereocenters. The van der Waals surface area contributed by atoms with Gasteiger partial charge in [-0.3, -0.25) is 9.59 Å². The Labute approximate surface area is 185 Å². The number of fused-ring (bicyclic) bond motifs is 1. The molecule has 2 saturated heterocycles. The van der Waals surface area contributed by atoms with Crippen LogP contribution in [-0.2, 0) is 9.59 Å². The van der Waals surface area contributed by atoms with Gasteiger partial charge in [-0.2, -0.15) is 0 Å². The van der Waals surface area contributed by atoms with Crippen molar-refractivity contribution in [2.75, 3.05) is 31.6 Å². The molecule has 3 heterocycles. The van der Waals surface area contributed by atoms with E-state index in [1.807, 2.05) is 47.4 Å². The second-order valence-electron chi connectivity index (χ2n) is 8.22. The van der Waals surface area contributed by atoms with Gasteiger partial charge in [-0.1, -0.05) is 24.3 Å². The molecule has 160 valence electrons. The van der Waals surface area contributed by atoms with Crippen molar-refractivity contribution in [1.82, 2.24) is 9.88 Å². The number of nitrogens with zero attached hydrogens (tertiary/aromatic N) is 3. The lowest BCUT2D eigenvalue weighted by atomic mass is 9.96. The maximum atomic E-state index is 13.3. The van der Waals surface area contributed by atoms with Gasteiger partial charge in [0.2, 0.25) is 11.8 Å². The molecular weight excluding hydrogens is 410 g/mol. The van der Waals surface area contributed by atoms with Crippen LogP contribution in [0.5, 0.6) is 5.75 Å². The number of thiazole rings is 1. The number of rotatable bonds is 4. The molecule has 31 heavy (non-hydrogen) atoms. The van der Waals surface area contributed by atoms with Crippen LogP contribution in [0.4, 0.5) is 5.69 Å². The first kappa shape index (κ1) is 20.0. The number of hydrogen-bond donors (Lipinski definition) is 0. The summed E-state index contributed by atoms with van der Waals surface area (Å²) in [6.07, 6.45) is 2.25. The zero-order valence-electron chi connectivity index (χ0n) is 17.5. The Hall–Kier alpha value is -2.93. The maximum Gasteiger partial charge on any atom is 0.228 e. The average Bonchev–Trinajstić information content (AvgIpc) is 3.42. The number of piperidine rings is 1. The molecule has 2 aliphatic heterocycles. The van der Waals surface area contributed by atoms with E-state index in [-0.39, 0.29) is 30.1 Å². The minimum absolute atomic E-state index is 0.0254. The highest BCUT2D eigenvalue weighted by Gasteiger charge is 2.39. The number of aromatic nitrogens is 1. The van der Waals surface area contributed by atoms with Gasteiger partial charge in [0.05, 0.1) is 33.9 Å². The molecule has 2 aliphatic rings. The zero-order valence-corrected chi connectivity index (χ0v) is 18.3. The zero-order chi connectivity index (χ0) is 21.4. The second-order valence-corrected chi connectivity index (χ2v) is 9.28. The molecule has 2 fully saturated rings. The third kappa shape index (κ3) is 3.78. The van der Waals surface area contributed by atoms with Crippen molar-refractivity contribution in [3.63, 3.8) is 0 Å². The molecule has 2 atom stereocenters. The van der Waals surface area contributed by atoms with Crippen LogP contribution in [0.15, 0.2) is 48.5 Å². The van der Waals surface area contributed by atoms with Crippen molar-refractivity contribution in [3.8, 4) is 5.75 Å². The van der Waals surface area contributed by atoms with Gasteiger partial charge in [-0.25, -0.2) is 4.98 Å². The van der Waals surface area contributed by atoms with Crippen molar-refractivity contribution in [2.45, 2.75) is 25.2 Å². The smallest absolute Gasteiger partial charge is 0.228 e. The molecule has 0 spiro atoms. The highest BCUT2D eigenvalue weighted by atomic mass is 32.1. The fraction of sp³-hybridized carbons (Fsp3) is 0.375. The van der Waals surface area contributed by atoms with Gasteiger partial charge >= 0.3 is 0 Å². The van der Waals surface area contributed by atoms with Gasteiger partial charge in [0.15, 0.2) is 0 Å². The average molecular weight is 436 g/mol. The fourth-order valence-electron chi connectivity index (χ4n) is 4.66. The van der Waals surface area contributed by atoms with Crippen LogP contribution in [0.3, 0.4) is 0 Å². The maximum absolute atomic E-state index is 13.3. The first-order valence-electron chi connectivity index (χ1n) is 10.7. The number of ether oxygens (including phenoxy) is 1. The van der Waals surface area contributed by atoms with Gasteiger partial charge in [0.25, 0.3) is 0 Å². The van der Waals surface area contributed by atoms with Crippen LogP contribution < -0.4 is 9.64 Å². The largest absolute Gasteiger partial charge is 0.495 e. The number of carbonyl (C=O) groups is 2. The second kappa shape index (κ2) is 8.30.